The van der Waals surface area contributed by atoms with Gasteiger partial charge in [-0.15, -0.1) is 0 Å². The van der Waals surface area contributed by atoms with E-state index < -0.39 is 5.97 Å². The van der Waals surface area contributed by atoms with Gasteiger partial charge in [0.15, 0.2) is 0 Å². The molecule has 0 aliphatic heterocycles. The van der Waals surface area contributed by atoms with Gasteiger partial charge < -0.3 is 5.11 Å². The van der Waals surface area contributed by atoms with Crippen LogP contribution >= 0.6 is 0 Å². The van der Waals surface area contributed by atoms with E-state index in [0.29, 0.717) is 17.3 Å². The minimum Gasteiger partial charge on any atom is -0.478 e. The van der Waals surface area contributed by atoms with Gasteiger partial charge in [-0.2, -0.15) is 0 Å². The molecule has 138 valence electrons. The van der Waals surface area contributed by atoms with Gasteiger partial charge in [-0.05, 0) is 74.3 Å². The topological polar surface area (TPSA) is 37.3 Å². The van der Waals surface area contributed by atoms with Crippen molar-refractivity contribution in [2.75, 3.05) is 0 Å². The molecule has 0 heterocycles. The first-order valence-electron chi connectivity index (χ1n) is 9.77. The maximum absolute atomic E-state index is 10.8. The zero-order valence-corrected chi connectivity index (χ0v) is 16.3. The molecule has 2 heteroatoms. The first-order chi connectivity index (χ1) is 11.8. The number of rotatable bonds is 5. The number of carboxylic acids is 1. The SMILES string of the molecule is CC1=C(/C=C/C2CCCC[C@@H]2/C=C/C(C)=C/C(=O)O)C(C)(C)CCC1. The number of hydrogen-bond donors (Lipinski definition) is 1. The van der Waals surface area contributed by atoms with Crippen LogP contribution < -0.4 is 0 Å². The van der Waals surface area contributed by atoms with Gasteiger partial charge in [-0.1, -0.05) is 56.6 Å². The predicted molar refractivity (Wildman–Crippen MR) is 105 cm³/mol. The highest BCUT2D eigenvalue weighted by molar-refractivity contribution is 5.81. The Kier molecular flexibility index (Phi) is 6.87. The normalized spacial score (nSPS) is 28.1. The predicted octanol–water partition coefficient (Wildman–Crippen LogP) is 6.46. The van der Waals surface area contributed by atoms with Crippen LogP contribution in [0.3, 0.4) is 0 Å². The molecule has 2 atom stereocenters. The van der Waals surface area contributed by atoms with Gasteiger partial charge in [0.05, 0.1) is 0 Å². The van der Waals surface area contributed by atoms with Crippen LogP contribution in [0.1, 0.15) is 72.6 Å². The van der Waals surface area contributed by atoms with Crippen molar-refractivity contribution in [3.63, 3.8) is 0 Å². The summed E-state index contributed by atoms with van der Waals surface area (Å²) < 4.78 is 0. The number of allylic oxidation sites excluding steroid dienone is 7. The summed E-state index contributed by atoms with van der Waals surface area (Å²) >= 11 is 0. The molecule has 0 saturated heterocycles. The van der Waals surface area contributed by atoms with E-state index in [1.54, 1.807) is 5.57 Å². The average Bonchev–Trinajstić information content (AvgIpc) is 2.52. The van der Waals surface area contributed by atoms with Crippen LogP contribution in [-0.2, 0) is 4.79 Å². The molecular weight excluding hydrogens is 308 g/mol. The fraction of sp³-hybridized carbons (Fsp3) is 0.609. The molecule has 0 amide bonds. The molecule has 1 unspecified atom stereocenters. The maximum atomic E-state index is 10.8. The van der Waals surface area contributed by atoms with E-state index in [9.17, 15) is 4.79 Å². The molecule has 2 aliphatic carbocycles. The summed E-state index contributed by atoms with van der Waals surface area (Å²) in [4.78, 5) is 10.8. The third kappa shape index (κ3) is 5.73. The van der Waals surface area contributed by atoms with Gasteiger partial charge in [0.1, 0.15) is 0 Å². The molecule has 2 rings (SSSR count). The van der Waals surface area contributed by atoms with Crippen molar-refractivity contribution >= 4 is 5.97 Å². The average molecular weight is 343 g/mol. The van der Waals surface area contributed by atoms with Crippen molar-refractivity contribution in [1.82, 2.24) is 0 Å². The Morgan fingerprint density at radius 2 is 1.76 bits per heavy atom. The number of aliphatic carboxylic acids is 1. The summed E-state index contributed by atoms with van der Waals surface area (Å²) in [5.41, 5.74) is 4.19. The van der Waals surface area contributed by atoms with E-state index in [1.807, 2.05) is 13.0 Å². The van der Waals surface area contributed by atoms with Gasteiger partial charge in [0, 0.05) is 6.08 Å². The van der Waals surface area contributed by atoms with E-state index in [4.69, 9.17) is 5.11 Å². The van der Waals surface area contributed by atoms with Gasteiger partial charge in [0.2, 0.25) is 0 Å². The summed E-state index contributed by atoms with van der Waals surface area (Å²) in [6, 6.07) is 0. The Bertz CT molecular complexity index is 602. The molecule has 1 fully saturated rings. The molecule has 25 heavy (non-hydrogen) atoms. The minimum atomic E-state index is -0.871. The molecule has 2 nitrogen and oxygen atoms in total. The number of carboxylic acid groups (broad SMARTS) is 1. The molecule has 1 saturated carbocycles. The second-order valence-electron chi connectivity index (χ2n) is 8.49. The van der Waals surface area contributed by atoms with Crippen LogP contribution in [0.25, 0.3) is 0 Å². The third-order valence-corrected chi connectivity index (χ3v) is 5.88. The van der Waals surface area contributed by atoms with Crippen LogP contribution in [0, 0.1) is 17.3 Å². The van der Waals surface area contributed by atoms with Gasteiger partial charge in [-0.25, -0.2) is 4.79 Å². The highest BCUT2D eigenvalue weighted by Crippen LogP contribution is 2.41. The van der Waals surface area contributed by atoms with Crippen molar-refractivity contribution in [3.05, 3.63) is 47.1 Å². The summed E-state index contributed by atoms with van der Waals surface area (Å²) in [6.07, 6.45) is 19.2. The first kappa shape index (κ1) is 19.8. The lowest BCUT2D eigenvalue weighted by atomic mass is 9.71. The fourth-order valence-corrected chi connectivity index (χ4v) is 4.41. The molecule has 0 aromatic rings. The van der Waals surface area contributed by atoms with E-state index in [2.05, 4.69) is 39.0 Å². The van der Waals surface area contributed by atoms with Crippen molar-refractivity contribution in [2.24, 2.45) is 17.3 Å². The van der Waals surface area contributed by atoms with Gasteiger partial charge >= 0.3 is 5.97 Å². The van der Waals surface area contributed by atoms with Crippen molar-refractivity contribution in [3.8, 4) is 0 Å². The second kappa shape index (κ2) is 8.69. The van der Waals surface area contributed by atoms with E-state index >= 15 is 0 Å². The highest BCUT2D eigenvalue weighted by atomic mass is 16.4. The van der Waals surface area contributed by atoms with Gasteiger partial charge in [-0.3, -0.25) is 0 Å². The van der Waals surface area contributed by atoms with E-state index in [0.717, 1.165) is 5.57 Å². The van der Waals surface area contributed by atoms with Crippen LogP contribution in [0.4, 0.5) is 0 Å². The molecule has 1 N–H and O–H groups in total. The molecular formula is C23H34O2. The smallest absolute Gasteiger partial charge is 0.328 e. The molecule has 0 radical (unpaired) electrons. The van der Waals surface area contributed by atoms with Crippen molar-refractivity contribution < 1.29 is 9.90 Å². The van der Waals surface area contributed by atoms with Crippen molar-refractivity contribution in [1.29, 1.82) is 0 Å². The van der Waals surface area contributed by atoms with Crippen LogP contribution in [0.5, 0.6) is 0 Å². The van der Waals surface area contributed by atoms with Crippen LogP contribution in [-0.4, -0.2) is 11.1 Å². The minimum absolute atomic E-state index is 0.291. The lowest BCUT2D eigenvalue weighted by molar-refractivity contribution is -0.131. The standard InChI is InChI=1S/C23H34O2/c1-17(16-22(24)25)11-12-19-9-5-6-10-20(19)13-14-21-18(2)8-7-15-23(21,3)4/h11-14,16,19-20H,5-10,15H2,1-4H3,(H,24,25)/b12-11+,14-13+,17-16+/t19-,20?/m1/s1. The Hall–Kier alpha value is -1.57. The lowest BCUT2D eigenvalue weighted by Crippen LogP contribution is -2.20. The molecule has 0 aromatic carbocycles. The zero-order valence-electron chi connectivity index (χ0n) is 16.3. The van der Waals surface area contributed by atoms with Crippen molar-refractivity contribution in [2.45, 2.75) is 72.6 Å². The Balaban J connectivity index is 2.13. The van der Waals surface area contributed by atoms with Crippen LogP contribution in [0.2, 0.25) is 0 Å². The maximum Gasteiger partial charge on any atom is 0.328 e. The lowest BCUT2D eigenvalue weighted by Gasteiger charge is -2.34. The van der Waals surface area contributed by atoms with E-state index in [1.165, 1.54) is 56.6 Å². The highest BCUT2D eigenvalue weighted by Gasteiger charge is 2.27. The first-order valence-corrected chi connectivity index (χ1v) is 9.77. The number of hydrogen-bond acceptors (Lipinski definition) is 1. The third-order valence-electron chi connectivity index (χ3n) is 5.88. The quantitative estimate of drug-likeness (QED) is 0.459. The second-order valence-corrected chi connectivity index (χ2v) is 8.49. The van der Waals surface area contributed by atoms with Gasteiger partial charge in [0.25, 0.3) is 0 Å². The molecule has 0 bridgehead atoms. The largest absolute Gasteiger partial charge is 0.478 e. The Morgan fingerprint density at radius 3 is 2.36 bits per heavy atom. The molecule has 0 aromatic heterocycles. The number of carbonyl (C=O) groups is 1. The monoisotopic (exact) mass is 342 g/mol. The summed E-state index contributed by atoms with van der Waals surface area (Å²) in [5, 5.41) is 8.85. The van der Waals surface area contributed by atoms with E-state index in [-0.39, 0.29) is 0 Å². The Morgan fingerprint density at radius 1 is 1.12 bits per heavy atom. The summed E-state index contributed by atoms with van der Waals surface area (Å²) in [6.45, 7) is 8.89. The summed E-state index contributed by atoms with van der Waals surface area (Å²) in [5.74, 6) is 0.222. The molecule has 2 aliphatic rings. The molecule has 0 spiro atoms. The fourth-order valence-electron chi connectivity index (χ4n) is 4.41. The Labute approximate surface area is 153 Å². The van der Waals surface area contributed by atoms with Crippen LogP contribution in [0.15, 0.2) is 47.1 Å². The summed E-state index contributed by atoms with van der Waals surface area (Å²) in [7, 11) is 0. The zero-order chi connectivity index (χ0) is 18.4.